The molecule has 0 radical (unpaired) electrons. The summed E-state index contributed by atoms with van der Waals surface area (Å²) < 4.78 is 5.56. The fourth-order valence-electron chi connectivity index (χ4n) is 2.26. The summed E-state index contributed by atoms with van der Waals surface area (Å²) in [7, 11) is 0. The standard InChI is InChI=1S/C17H14O2/c1-12-11-19-16-10-14(9-15(18)17(12)16)8-7-13-5-3-2-4-6-13/h2-6,9-10,12,18H,11H2,1H3. The lowest BCUT2D eigenvalue weighted by molar-refractivity contribution is 0.337. The molecule has 0 bridgehead atoms. The Kier molecular flexibility index (Phi) is 2.89. The van der Waals surface area contributed by atoms with Gasteiger partial charge in [-0.2, -0.15) is 0 Å². The van der Waals surface area contributed by atoms with Gasteiger partial charge < -0.3 is 9.84 Å². The first-order chi connectivity index (χ1) is 9.24. The first-order valence-electron chi connectivity index (χ1n) is 6.31. The quantitative estimate of drug-likeness (QED) is 0.727. The van der Waals surface area contributed by atoms with Crippen molar-refractivity contribution in [2.24, 2.45) is 0 Å². The van der Waals surface area contributed by atoms with Crippen molar-refractivity contribution >= 4 is 0 Å². The van der Waals surface area contributed by atoms with Crippen LogP contribution in [0.25, 0.3) is 0 Å². The summed E-state index contributed by atoms with van der Waals surface area (Å²) in [5, 5.41) is 10.0. The van der Waals surface area contributed by atoms with Crippen LogP contribution in [0.15, 0.2) is 42.5 Å². The summed E-state index contributed by atoms with van der Waals surface area (Å²) >= 11 is 0. The summed E-state index contributed by atoms with van der Waals surface area (Å²) in [6, 6.07) is 13.4. The van der Waals surface area contributed by atoms with E-state index in [1.165, 1.54) is 0 Å². The molecule has 1 aliphatic rings. The van der Waals surface area contributed by atoms with Gasteiger partial charge in [0.2, 0.25) is 0 Å². The highest BCUT2D eigenvalue weighted by Gasteiger charge is 2.24. The highest BCUT2D eigenvalue weighted by Crippen LogP contribution is 2.40. The van der Waals surface area contributed by atoms with Crippen LogP contribution in [0.5, 0.6) is 11.5 Å². The van der Waals surface area contributed by atoms with E-state index in [4.69, 9.17) is 4.74 Å². The minimum absolute atomic E-state index is 0.242. The molecule has 0 fully saturated rings. The average Bonchev–Trinajstić information content (AvgIpc) is 2.80. The van der Waals surface area contributed by atoms with Crippen LogP contribution in [0.2, 0.25) is 0 Å². The molecule has 2 heteroatoms. The Morgan fingerprint density at radius 1 is 1.11 bits per heavy atom. The number of fused-ring (bicyclic) bond motifs is 1. The minimum atomic E-state index is 0.242. The largest absolute Gasteiger partial charge is 0.507 e. The van der Waals surface area contributed by atoms with E-state index >= 15 is 0 Å². The van der Waals surface area contributed by atoms with Crippen LogP contribution >= 0.6 is 0 Å². The van der Waals surface area contributed by atoms with Crippen molar-refractivity contribution in [3.63, 3.8) is 0 Å². The fraction of sp³-hybridized carbons (Fsp3) is 0.176. The summed E-state index contributed by atoms with van der Waals surface area (Å²) in [6.45, 7) is 2.67. The zero-order valence-corrected chi connectivity index (χ0v) is 10.7. The Hall–Kier alpha value is -2.40. The van der Waals surface area contributed by atoms with Gasteiger partial charge in [0, 0.05) is 22.6 Å². The fourth-order valence-corrected chi connectivity index (χ4v) is 2.26. The molecule has 0 aliphatic carbocycles. The molecule has 1 atom stereocenters. The number of benzene rings is 2. The van der Waals surface area contributed by atoms with E-state index in [0.29, 0.717) is 6.61 Å². The van der Waals surface area contributed by atoms with Crippen LogP contribution in [0.3, 0.4) is 0 Å². The lowest BCUT2D eigenvalue weighted by atomic mass is 10.0. The lowest BCUT2D eigenvalue weighted by Crippen LogP contribution is -1.93. The Labute approximate surface area is 112 Å². The number of hydrogen-bond acceptors (Lipinski definition) is 2. The van der Waals surface area contributed by atoms with E-state index in [-0.39, 0.29) is 11.7 Å². The number of hydrogen-bond donors (Lipinski definition) is 1. The van der Waals surface area contributed by atoms with Gasteiger partial charge in [0.05, 0.1) is 6.61 Å². The number of ether oxygens (including phenoxy) is 1. The monoisotopic (exact) mass is 250 g/mol. The van der Waals surface area contributed by atoms with Gasteiger partial charge in [-0.05, 0) is 24.3 Å². The van der Waals surface area contributed by atoms with Gasteiger partial charge in [-0.3, -0.25) is 0 Å². The molecule has 1 unspecified atom stereocenters. The van der Waals surface area contributed by atoms with Crippen molar-refractivity contribution < 1.29 is 9.84 Å². The van der Waals surface area contributed by atoms with Gasteiger partial charge in [0.25, 0.3) is 0 Å². The maximum absolute atomic E-state index is 10.0. The number of phenols is 1. The van der Waals surface area contributed by atoms with Crippen molar-refractivity contribution in [3.05, 3.63) is 59.2 Å². The zero-order valence-electron chi connectivity index (χ0n) is 10.7. The van der Waals surface area contributed by atoms with Crippen LogP contribution in [-0.2, 0) is 0 Å². The molecule has 1 aliphatic heterocycles. The van der Waals surface area contributed by atoms with Gasteiger partial charge in [-0.15, -0.1) is 0 Å². The van der Waals surface area contributed by atoms with Crippen LogP contribution < -0.4 is 4.74 Å². The van der Waals surface area contributed by atoms with E-state index in [1.807, 2.05) is 43.3 Å². The molecule has 2 aromatic carbocycles. The van der Waals surface area contributed by atoms with Crippen molar-refractivity contribution in [2.45, 2.75) is 12.8 Å². The number of phenolic OH excluding ortho intramolecular Hbond substituents is 1. The normalized spacial score (nSPS) is 16.2. The Morgan fingerprint density at radius 3 is 2.63 bits per heavy atom. The summed E-state index contributed by atoms with van der Waals surface area (Å²) in [4.78, 5) is 0. The number of aromatic hydroxyl groups is 1. The Balaban J connectivity index is 1.96. The smallest absolute Gasteiger partial charge is 0.127 e. The van der Waals surface area contributed by atoms with Gasteiger partial charge in [-0.25, -0.2) is 0 Å². The van der Waals surface area contributed by atoms with Crippen LogP contribution in [0, 0.1) is 11.8 Å². The summed E-state index contributed by atoms with van der Waals surface area (Å²) in [6.07, 6.45) is 0. The van der Waals surface area contributed by atoms with E-state index in [1.54, 1.807) is 6.07 Å². The minimum Gasteiger partial charge on any atom is -0.507 e. The van der Waals surface area contributed by atoms with E-state index in [2.05, 4.69) is 11.8 Å². The molecule has 0 amide bonds. The van der Waals surface area contributed by atoms with E-state index in [9.17, 15) is 5.11 Å². The van der Waals surface area contributed by atoms with E-state index in [0.717, 1.165) is 22.4 Å². The molecular formula is C17H14O2. The summed E-state index contributed by atoms with van der Waals surface area (Å²) in [5.74, 6) is 7.40. The van der Waals surface area contributed by atoms with Crippen LogP contribution in [0.1, 0.15) is 29.5 Å². The topological polar surface area (TPSA) is 29.5 Å². The van der Waals surface area contributed by atoms with Crippen molar-refractivity contribution in [1.82, 2.24) is 0 Å². The lowest BCUT2D eigenvalue weighted by Gasteiger charge is -2.04. The molecule has 1 heterocycles. The molecular weight excluding hydrogens is 236 g/mol. The highest BCUT2D eigenvalue weighted by atomic mass is 16.5. The second-order valence-corrected chi connectivity index (χ2v) is 4.74. The predicted molar refractivity (Wildman–Crippen MR) is 74.4 cm³/mol. The molecule has 0 aromatic heterocycles. The molecule has 0 saturated carbocycles. The van der Waals surface area contributed by atoms with Crippen LogP contribution in [-0.4, -0.2) is 11.7 Å². The molecule has 1 N–H and O–H groups in total. The molecule has 0 spiro atoms. The number of rotatable bonds is 0. The molecule has 3 rings (SSSR count). The molecule has 2 aromatic rings. The predicted octanol–water partition coefficient (Wildman–Crippen LogP) is 3.29. The Morgan fingerprint density at radius 2 is 1.84 bits per heavy atom. The van der Waals surface area contributed by atoms with Crippen LogP contribution in [0.4, 0.5) is 0 Å². The molecule has 19 heavy (non-hydrogen) atoms. The first kappa shape index (κ1) is 11.7. The molecule has 0 saturated heterocycles. The van der Waals surface area contributed by atoms with Crippen molar-refractivity contribution in [2.75, 3.05) is 6.61 Å². The summed E-state index contributed by atoms with van der Waals surface area (Å²) in [5.41, 5.74) is 2.62. The van der Waals surface area contributed by atoms with Crippen molar-refractivity contribution in [3.8, 4) is 23.3 Å². The van der Waals surface area contributed by atoms with Gasteiger partial charge >= 0.3 is 0 Å². The molecule has 94 valence electrons. The second-order valence-electron chi connectivity index (χ2n) is 4.74. The zero-order chi connectivity index (χ0) is 13.2. The third-order valence-electron chi connectivity index (χ3n) is 3.23. The maximum atomic E-state index is 10.0. The van der Waals surface area contributed by atoms with Gasteiger partial charge in [0.15, 0.2) is 0 Å². The first-order valence-corrected chi connectivity index (χ1v) is 6.31. The van der Waals surface area contributed by atoms with E-state index < -0.39 is 0 Å². The van der Waals surface area contributed by atoms with Gasteiger partial charge in [-0.1, -0.05) is 37.0 Å². The average molecular weight is 250 g/mol. The third-order valence-corrected chi connectivity index (χ3v) is 3.23. The SMILES string of the molecule is CC1COc2cc(C#Cc3ccccc3)cc(O)c21. The third kappa shape index (κ3) is 2.28. The Bertz CT molecular complexity index is 663. The maximum Gasteiger partial charge on any atom is 0.127 e. The van der Waals surface area contributed by atoms with Gasteiger partial charge in [0.1, 0.15) is 11.5 Å². The molecule has 2 nitrogen and oxygen atoms in total. The second kappa shape index (κ2) is 4.70. The van der Waals surface area contributed by atoms with Crippen molar-refractivity contribution in [1.29, 1.82) is 0 Å². The highest BCUT2D eigenvalue weighted by molar-refractivity contribution is 5.56.